The van der Waals surface area contributed by atoms with Crippen LogP contribution in [0, 0.1) is 31.5 Å². The summed E-state index contributed by atoms with van der Waals surface area (Å²) in [5.41, 5.74) is 5.29. The highest BCUT2D eigenvalue weighted by molar-refractivity contribution is 5.54. The quantitative estimate of drug-likeness (QED) is 0.723. The fraction of sp³-hybridized carbons (Fsp3) is 0.286. The number of nitrogens with zero attached hydrogens (tertiary/aromatic N) is 2. The van der Waals surface area contributed by atoms with Crippen molar-refractivity contribution < 1.29 is 4.39 Å². The van der Waals surface area contributed by atoms with Gasteiger partial charge in [-0.2, -0.15) is 0 Å². The second-order valence-corrected chi connectivity index (χ2v) is 6.15. The van der Waals surface area contributed by atoms with Gasteiger partial charge in [-0.25, -0.2) is 9.37 Å². The molecule has 2 heterocycles. The largest absolute Gasteiger partial charge is 0.371 e. The van der Waals surface area contributed by atoms with Crippen LogP contribution in [0.5, 0.6) is 0 Å². The fourth-order valence-electron chi connectivity index (χ4n) is 2.98. The number of aryl methyl sites for hydroxylation is 2. The van der Waals surface area contributed by atoms with Gasteiger partial charge in [-0.15, -0.1) is 0 Å². The van der Waals surface area contributed by atoms with Crippen LogP contribution in [0.2, 0.25) is 0 Å². The smallest absolute Gasteiger partial charge is 0.123 e. The van der Waals surface area contributed by atoms with Gasteiger partial charge in [-0.05, 0) is 74.6 Å². The summed E-state index contributed by atoms with van der Waals surface area (Å²) in [4.78, 5) is 6.70. The molecule has 2 nitrogen and oxygen atoms in total. The minimum absolute atomic E-state index is 0.172. The molecule has 1 fully saturated rings. The number of hydrogen-bond donors (Lipinski definition) is 0. The van der Waals surface area contributed by atoms with Gasteiger partial charge in [0, 0.05) is 24.5 Å². The molecular weight excluding hydrogens is 299 g/mol. The molecule has 0 atom stereocenters. The van der Waals surface area contributed by atoms with Crippen molar-refractivity contribution in [3.63, 3.8) is 0 Å². The van der Waals surface area contributed by atoms with Crippen molar-refractivity contribution in [2.45, 2.75) is 26.7 Å². The molecule has 0 bridgehead atoms. The van der Waals surface area contributed by atoms with Crippen LogP contribution in [0.1, 0.15) is 29.8 Å². The van der Waals surface area contributed by atoms with Gasteiger partial charge in [0.1, 0.15) is 11.5 Å². The molecule has 2 aromatic rings. The van der Waals surface area contributed by atoms with E-state index in [2.05, 4.69) is 21.7 Å². The third-order valence-corrected chi connectivity index (χ3v) is 4.27. The standard InChI is InChI=1S/C21H21FN2/c1-16-15-19(22)9-10-21(16)24-13-11-18(12-14-24)6-4-8-20-7-3-5-17(2)23-20/h3,5-7,9-10,15H,11-14H2,1-2H3. The van der Waals surface area contributed by atoms with E-state index in [0.717, 1.165) is 48.6 Å². The van der Waals surface area contributed by atoms with E-state index in [0.29, 0.717) is 0 Å². The second kappa shape index (κ2) is 7.31. The van der Waals surface area contributed by atoms with E-state index in [1.165, 1.54) is 11.6 Å². The zero-order valence-electron chi connectivity index (χ0n) is 14.1. The number of allylic oxidation sites excluding steroid dienone is 1. The first-order valence-electron chi connectivity index (χ1n) is 8.26. The second-order valence-electron chi connectivity index (χ2n) is 6.15. The van der Waals surface area contributed by atoms with Gasteiger partial charge in [-0.1, -0.05) is 17.6 Å². The SMILES string of the molecule is Cc1cccc(C#CC=C2CCN(c3ccc(F)cc3C)CC2)n1. The maximum absolute atomic E-state index is 13.2. The number of hydrogen-bond acceptors (Lipinski definition) is 2. The first-order chi connectivity index (χ1) is 11.6. The number of halogens is 1. The van der Waals surface area contributed by atoms with Gasteiger partial charge in [0.05, 0.1) is 0 Å². The Kier molecular flexibility index (Phi) is 4.96. The van der Waals surface area contributed by atoms with Gasteiger partial charge >= 0.3 is 0 Å². The zero-order chi connectivity index (χ0) is 16.9. The molecule has 1 aliphatic heterocycles. The number of benzene rings is 1. The van der Waals surface area contributed by atoms with Gasteiger partial charge in [-0.3, -0.25) is 0 Å². The highest BCUT2D eigenvalue weighted by atomic mass is 19.1. The Labute approximate surface area is 143 Å². The predicted octanol–water partition coefficient (Wildman–Crippen LogP) is 4.42. The third-order valence-electron chi connectivity index (χ3n) is 4.27. The van der Waals surface area contributed by atoms with Crippen LogP contribution in [0.4, 0.5) is 10.1 Å². The van der Waals surface area contributed by atoms with Crippen molar-refractivity contribution in [1.29, 1.82) is 0 Å². The minimum Gasteiger partial charge on any atom is -0.371 e. The topological polar surface area (TPSA) is 16.1 Å². The molecule has 1 aromatic heterocycles. The molecule has 0 N–H and O–H groups in total. The van der Waals surface area contributed by atoms with Crippen molar-refractivity contribution in [1.82, 2.24) is 4.98 Å². The lowest BCUT2D eigenvalue weighted by Gasteiger charge is -2.31. The van der Waals surface area contributed by atoms with Gasteiger partial charge in [0.2, 0.25) is 0 Å². The number of aromatic nitrogens is 1. The van der Waals surface area contributed by atoms with Crippen LogP contribution in [-0.4, -0.2) is 18.1 Å². The summed E-state index contributed by atoms with van der Waals surface area (Å²) in [7, 11) is 0. The van der Waals surface area contributed by atoms with E-state index < -0.39 is 0 Å². The Bertz CT molecular complexity index is 817. The van der Waals surface area contributed by atoms with E-state index in [9.17, 15) is 4.39 Å². The number of piperidine rings is 1. The molecule has 122 valence electrons. The van der Waals surface area contributed by atoms with E-state index in [1.54, 1.807) is 6.07 Å². The summed E-state index contributed by atoms with van der Waals surface area (Å²) in [6.07, 6.45) is 4.01. The Hall–Kier alpha value is -2.60. The summed E-state index contributed by atoms with van der Waals surface area (Å²) in [6, 6.07) is 10.9. The van der Waals surface area contributed by atoms with Crippen LogP contribution in [0.25, 0.3) is 0 Å². The van der Waals surface area contributed by atoms with Crippen molar-refractivity contribution in [2.75, 3.05) is 18.0 Å². The molecule has 0 aliphatic carbocycles. The van der Waals surface area contributed by atoms with Crippen molar-refractivity contribution >= 4 is 5.69 Å². The molecule has 24 heavy (non-hydrogen) atoms. The van der Waals surface area contributed by atoms with Gasteiger partial charge in [0.25, 0.3) is 0 Å². The van der Waals surface area contributed by atoms with E-state index in [-0.39, 0.29) is 5.82 Å². The fourth-order valence-corrected chi connectivity index (χ4v) is 2.98. The molecular formula is C21H21FN2. The Morgan fingerprint density at radius 1 is 1.12 bits per heavy atom. The van der Waals surface area contributed by atoms with Gasteiger partial charge in [0.15, 0.2) is 0 Å². The van der Waals surface area contributed by atoms with Crippen LogP contribution < -0.4 is 4.90 Å². The van der Waals surface area contributed by atoms with Crippen molar-refractivity contribution in [3.05, 3.63) is 70.8 Å². The molecule has 0 spiro atoms. The van der Waals surface area contributed by atoms with Crippen LogP contribution in [0.15, 0.2) is 48.0 Å². The number of anilines is 1. The van der Waals surface area contributed by atoms with Crippen LogP contribution in [0.3, 0.4) is 0 Å². The van der Waals surface area contributed by atoms with Crippen LogP contribution >= 0.6 is 0 Å². The normalized spacial score (nSPS) is 14.1. The number of pyridine rings is 1. The Balaban J connectivity index is 1.63. The van der Waals surface area contributed by atoms with E-state index in [4.69, 9.17) is 0 Å². The van der Waals surface area contributed by atoms with Crippen molar-refractivity contribution in [3.8, 4) is 11.8 Å². The summed E-state index contributed by atoms with van der Waals surface area (Å²) >= 11 is 0. The molecule has 0 saturated carbocycles. The monoisotopic (exact) mass is 320 g/mol. The molecule has 0 amide bonds. The summed E-state index contributed by atoms with van der Waals surface area (Å²) in [5, 5.41) is 0. The maximum atomic E-state index is 13.2. The lowest BCUT2D eigenvalue weighted by molar-refractivity contribution is 0.624. The Morgan fingerprint density at radius 3 is 2.62 bits per heavy atom. The maximum Gasteiger partial charge on any atom is 0.123 e. The molecule has 0 unspecified atom stereocenters. The Morgan fingerprint density at radius 2 is 1.92 bits per heavy atom. The molecule has 3 rings (SSSR count). The lowest BCUT2D eigenvalue weighted by atomic mass is 10.0. The van der Waals surface area contributed by atoms with E-state index in [1.807, 2.05) is 44.2 Å². The molecule has 3 heteroatoms. The summed E-state index contributed by atoms with van der Waals surface area (Å²) in [6.45, 7) is 5.83. The minimum atomic E-state index is -0.172. The molecule has 1 aromatic carbocycles. The lowest BCUT2D eigenvalue weighted by Crippen LogP contribution is -2.31. The molecule has 1 saturated heterocycles. The zero-order valence-corrected chi connectivity index (χ0v) is 14.1. The average Bonchev–Trinajstić information content (AvgIpc) is 2.56. The average molecular weight is 320 g/mol. The summed E-state index contributed by atoms with van der Waals surface area (Å²) < 4.78 is 13.2. The van der Waals surface area contributed by atoms with E-state index >= 15 is 0 Å². The van der Waals surface area contributed by atoms with Gasteiger partial charge < -0.3 is 4.90 Å². The third kappa shape index (κ3) is 4.02. The first-order valence-corrected chi connectivity index (χ1v) is 8.26. The van der Waals surface area contributed by atoms with Crippen molar-refractivity contribution in [2.24, 2.45) is 0 Å². The van der Waals surface area contributed by atoms with Crippen LogP contribution in [-0.2, 0) is 0 Å². The first kappa shape index (κ1) is 16.3. The number of rotatable bonds is 1. The molecule has 0 radical (unpaired) electrons. The highest BCUT2D eigenvalue weighted by Gasteiger charge is 2.15. The summed E-state index contributed by atoms with van der Waals surface area (Å²) in [5.74, 6) is 6.06. The predicted molar refractivity (Wildman–Crippen MR) is 96.5 cm³/mol. The highest BCUT2D eigenvalue weighted by Crippen LogP contribution is 2.26. The molecule has 1 aliphatic rings.